The van der Waals surface area contributed by atoms with Gasteiger partial charge in [0.05, 0.1) is 0 Å². The monoisotopic (exact) mass is 272 g/mol. The van der Waals surface area contributed by atoms with Crippen LogP contribution >= 0.6 is 22.5 Å². The summed E-state index contributed by atoms with van der Waals surface area (Å²) in [5.41, 5.74) is 0.308. The number of carboxylic acids is 1. The van der Waals surface area contributed by atoms with Gasteiger partial charge in [0.2, 0.25) is 0 Å². The third-order valence-electron chi connectivity index (χ3n) is 1.20. The quantitative estimate of drug-likeness (QED) is 0.824. The summed E-state index contributed by atoms with van der Waals surface area (Å²) in [4.78, 5) is 10.5. The zero-order chi connectivity index (χ0) is 8.27. The van der Waals surface area contributed by atoms with Crippen molar-refractivity contribution in [3.8, 4) is 0 Å². The Labute approximate surface area is 86.7 Å². The molecule has 0 fully saturated rings. The normalized spacial score (nSPS) is 8.75. The molecule has 0 radical (unpaired) electrons. The van der Waals surface area contributed by atoms with Crippen molar-refractivity contribution >= 4 is 47.0 Å². The third-order valence-corrected chi connectivity index (χ3v) is 3.16. The molecule has 0 amide bonds. The van der Waals surface area contributed by atoms with Gasteiger partial charge in [-0.3, -0.25) is 0 Å². The van der Waals surface area contributed by atoms with Gasteiger partial charge < -0.3 is 0 Å². The van der Waals surface area contributed by atoms with Crippen molar-refractivity contribution in [1.29, 1.82) is 0 Å². The maximum atomic E-state index is 10.5. The standard InChI is InChI=1S/C7H5ClO2Se.ClH/c8-11-6-4-2-1-3-5(6)7(9)10;/h1-4H,(H,9,10);1H. The van der Waals surface area contributed by atoms with Crippen molar-refractivity contribution in [1.82, 2.24) is 0 Å². The summed E-state index contributed by atoms with van der Waals surface area (Å²) in [6, 6.07) is 6.76. The minimum atomic E-state index is -0.914. The van der Waals surface area contributed by atoms with Crippen LogP contribution in [0.15, 0.2) is 24.3 Å². The number of halogens is 2. The van der Waals surface area contributed by atoms with E-state index in [0.717, 1.165) is 0 Å². The number of hydrogen-bond acceptors (Lipinski definition) is 1. The van der Waals surface area contributed by atoms with Crippen molar-refractivity contribution in [2.24, 2.45) is 0 Å². The number of benzene rings is 1. The third kappa shape index (κ3) is 2.68. The Hall–Kier alpha value is -0.211. The Morgan fingerprint density at radius 2 is 2.00 bits per heavy atom. The van der Waals surface area contributed by atoms with Crippen LogP contribution < -0.4 is 4.46 Å². The maximum absolute atomic E-state index is 10.5. The fourth-order valence-electron chi connectivity index (χ4n) is 0.711. The molecule has 0 bridgehead atoms. The first-order valence-electron chi connectivity index (χ1n) is 2.86. The van der Waals surface area contributed by atoms with E-state index in [4.69, 9.17) is 15.2 Å². The Morgan fingerprint density at radius 1 is 1.42 bits per heavy atom. The Kier molecular flexibility index (Phi) is 5.34. The Morgan fingerprint density at radius 3 is 2.42 bits per heavy atom. The summed E-state index contributed by atoms with van der Waals surface area (Å²) in [5, 5.41) is 8.65. The first kappa shape index (κ1) is 11.8. The zero-order valence-corrected chi connectivity index (χ0v) is 9.14. The van der Waals surface area contributed by atoms with Crippen molar-refractivity contribution < 1.29 is 9.90 Å². The average Bonchev–Trinajstić information content (AvgIpc) is 2.04. The number of carboxylic acid groups (broad SMARTS) is 1. The van der Waals surface area contributed by atoms with E-state index in [1.165, 1.54) is 0 Å². The van der Waals surface area contributed by atoms with Gasteiger partial charge in [-0.25, -0.2) is 0 Å². The average molecular weight is 272 g/mol. The molecule has 0 saturated heterocycles. The van der Waals surface area contributed by atoms with E-state index in [-0.39, 0.29) is 26.5 Å². The SMILES string of the molecule is Cl.O=C(O)c1ccccc1[Se]Cl. The van der Waals surface area contributed by atoms with Crippen LogP contribution in [-0.4, -0.2) is 25.1 Å². The van der Waals surface area contributed by atoms with E-state index in [1.54, 1.807) is 24.3 Å². The van der Waals surface area contributed by atoms with Crippen LogP contribution in [-0.2, 0) is 0 Å². The first-order chi connectivity index (χ1) is 5.25. The Bertz CT molecular complexity index is 278. The van der Waals surface area contributed by atoms with Gasteiger partial charge in [0.25, 0.3) is 0 Å². The second-order valence-corrected chi connectivity index (χ2v) is 3.93. The van der Waals surface area contributed by atoms with Crippen LogP contribution in [0.5, 0.6) is 0 Å². The second kappa shape index (κ2) is 5.44. The van der Waals surface area contributed by atoms with Crippen LogP contribution in [0.2, 0.25) is 0 Å². The fourth-order valence-corrected chi connectivity index (χ4v) is 2.18. The van der Waals surface area contributed by atoms with Gasteiger partial charge in [-0.05, 0) is 0 Å². The van der Waals surface area contributed by atoms with Crippen LogP contribution in [0.25, 0.3) is 0 Å². The van der Waals surface area contributed by atoms with Crippen LogP contribution in [0.4, 0.5) is 0 Å². The molecule has 0 spiro atoms. The fraction of sp³-hybridized carbons (Fsp3) is 0. The minimum absolute atomic E-state index is 0. The number of rotatable bonds is 2. The van der Waals surface area contributed by atoms with Crippen molar-refractivity contribution in [3.05, 3.63) is 29.8 Å². The van der Waals surface area contributed by atoms with E-state index in [9.17, 15) is 4.79 Å². The molecular weight excluding hydrogens is 266 g/mol. The molecule has 0 aromatic heterocycles. The van der Waals surface area contributed by atoms with Crippen LogP contribution in [0, 0.1) is 0 Å². The van der Waals surface area contributed by atoms with Gasteiger partial charge in [-0.15, -0.1) is 12.4 Å². The number of hydrogen-bond donors (Lipinski definition) is 1. The first-order valence-corrected chi connectivity index (χ1v) is 5.97. The summed E-state index contributed by atoms with van der Waals surface area (Å²) in [5.74, 6) is -0.914. The van der Waals surface area contributed by atoms with Gasteiger partial charge >= 0.3 is 74.3 Å². The van der Waals surface area contributed by atoms with Gasteiger partial charge in [-0.1, -0.05) is 0 Å². The molecule has 0 atom stereocenters. The zero-order valence-electron chi connectivity index (χ0n) is 5.86. The van der Waals surface area contributed by atoms with Gasteiger partial charge in [0.15, 0.2) is 0 Å². The molecule has 1 rings (SSSR count). The van der Waals surface area contributed by atoms with Crippen LogP contribution in [0.1, 0.15) is 10.4 Å². The number of carbonyl (C=O) groups is 1. The summed E-state index contributed by atoms with van der Waals surface area (Å²) < 4.78 is 0.717. The molecule has 1 aromatic carbocycles. The van der Waals surface area contributed by atoms with Crippen molar-refractivity contribution in [2.75, 3.05) is 0 Å². The van der Waals surface area contributed by atoms with Gasteiger partial charge in [0, 0.05) is 0 Å². The predicted molar refractivity (Wildman–Crippen MR) is 51.9 cm³/mol. The van der Waals surface area contributed by atoms with Crippen molar-refractivity contribution in [3.63, 3.8) is 0 Å². The summed E-state index contributed by atoms with van der Waals surface area (Å²) in [6.07, 6.45) is 0. The molecule has 5 heteroatoms. The van der Waals surface area contributed by atoms with Crippen molar-refractivity contribution in [2.45, 2.75) is 0 Å². The molecule has 0 aliphatic rings. The van der Waals surface area contributed by atoms with E-state index < -0.39 is 5.97 Å². The van der Waals surface area contributed by atoms with Gasteiger partial charge in [0.1, 0.15) is 0 Å². The molecule has 0 aliphatic carbocycles. The van der Waals surface area contributed by atoms with E-state index in [2.05, 4.69) is 0 Å². The predicted octanol–water partition coefficient (Wildman–Crippen LogP) is 1.29. The molecule has 1 aromatic rings. The Balaban J connectivity index is 0.00000121. The summed E-state index contributed by atoms with van der Waals surface area (Å²) in [6.45, 7) is 0. The molecule has 12 heavy (non-hydrogen) atoms. The van der Waals surface area contributed by atoms with Crippen LogP contribution in [0.3, 0.4) is 0 Å². The molecule has 0 unspecified atom stereocenters. The molecule has 0 heterocycles. The molecule has 1 N–H and O–H groups in total. The summed E-state index contributed by atoms with van der Waals surface area (Å²) in [7, 11) is 5.58. The molecule has 0 saturated carbocycles. The van der Waals surface area contributed by atoms with E-state index in [1.807, 2.05) is 0 Å². The molecule has 66 valence electrons. The second-order valence-electron chi connectivity index (χ2n) is 1.88. The number of aromatic carboxylic acids is 1. The topological polar surface area (TPSA) is 37.3 Å². The van der Waals surface area contributed by atoms with Gasteiger partial charge in [-0.2, -0.15) is 0 Å². The molecule has 0 aliphatic heterocycles. The summed E-state index contributed by atoms with van der Waals surface area (Å²) >= 11 is -0.269. The molecule has 2 nitrogen and oxygen atoms in total. The van der Waals surface area contributed by atoms with E-state index in [0.29, 0.717) is 10.0 Å². The molecular formula is C7H6Cl2O2Se. The van der Waals surface area contributed by atoms with E-state index >= 15 is 0 Å².